The molecular formula is C43H87. The first-order chi connectivity index (χ1) is 21.3. The van der Waals surface area contributed by atoms with Crippen molar-refractivity contribution in [2.45, 2.75) is 264 Å². The molecule has 0 aliphatic carbocycles. The van der Waals surface area contributed by atoms with Crippen LogP contribution in [0.15, 0.2) is 0 Å². The normalized spacial score (nSPS) is 12.3. The Labute approximate surface area is 276 Å². The lowest BCUT2D eigenvalue weighted by Gasteiger charge is -2.14. The maximum Gasteiger partial charge on any atom is -0.0414 e. The number of rotatable bonds is 39. The van der Waals surface area contributed by atoms with E-state index in [1.807, 2.05) is 0 Å². The molecule has 0 N–H and O–H groups in total. The van der Waals surface area contributed by atoms with Gasteiger partial charge < -0.3 is 0 Å². The van der Waals surface area contributed by atoms with Crippen LogP contribution in [0.1, 0.15) is 264 Å². The Morgan fingerprint density at radius 3 is 0.581 bits per heavy atom. The van der Waals surface area contributed by atoms with E-state index in [4.69, 9.17) is 0 Å². The van der Waals surface area contributed by atoms with Gasteiger partial charge in [-0.15, -0.1) is 0 Å². The first-order valence-corrected chi connectivity index (χ1v) is 21.1. The van der Waals surface area contributed by atoms with Gasteiger partial charge in [0, 0.05) is 0 Å². The third-order valence-corrected chi connectivity index (χ3v) is 10.3. The van der Waals surface area contributed by atoms with Crippen molar-refractivity contribution >= 4 is 0 Å². The third-order valence-electron chi connectivity index (χ3n) is 10.3. The molecule has 0 nitrogen and oxygen atoms in total. The second-order valence-electron chi connectivity index (χ2n) is 14.8. The largest absolute Gasteiger partial charge is 0.0654 e. The van der Waals surface area contributed by atoms with Crippen LogP contribution >= 0.6 is 0 Å². The summed E-state index contributed by atoms with van der Waals surface area (Å²) in [4.78, 5) is 0. The summed E-state index contributed by atoms with van der Waals surface area (Å²) < 4.78 is 0. The van der Waals surface area contributed by atoms with Crippen molar-refractivity contribution < 1.29 is 0 Å². The van der Waals surface area contributed by atoms with Crippen LogP contribution in [0.3, 0.4) is 0 Å². The van der Waals surface area contributed by atoms with Gasteiger partial charge in [0.1, 0.15) is 0 Å². The minimum absolute atomic E-state index is 0.905. The first kappa shape index (κ1) is 43.0. The molecule has 0 heteroatoms. The fraction of sp³-hybridized carbons (Fsp3) is 0.977. The van der Waals surface area contributed by atoms with E-state index in [-0.39, 0.29) is 0 Å². The summed E-state index contributed by atoms with van der Waals surface area (Å²) in [6.07, 6.45) is 57.0. The molecular weight excluding hydrogens is 516 g/mol. The first-order valence-electron chi connectivity index (χ1n) is 21.1. The Hall–Kier alpha value is 0. The summed E-state index contributed by atoms with van der Waals surface area (Å²) in [5, 5.41) is 0. The molecule has 0 fully saturated rings. The van der Waals surface area contributed by atoms with E-state index >= 15 is 0 Å². The molecule has 0 bridgehead atoms. The molecule has 0 aliphatic heterocycles. The van der Waals surface area contributed by atoms with Crippen LogP contribution in [0.2, 0.25) is 0 Å². The molecule has 0 aliphatic rings. The smallest absolute Gasteiger partial charge is 0.0414 e. The van der Waals surface area contributed by atoms with E-state index in [0.29, 0.717) is 0 Å². The zero-order valence-corrected chi connectivity index (χ0v) is 30.9. The van der Waals surface area contributed by atoms with Gasteiger partial charge in [-0.1, -0.05) is 271 Å². The van der Waals surface area contributed by atoms with E-state index in [9.17, 15) is 0 Å². The van der Waals surface area contributed by atoms with Crippen molar-refractivity contribution in [3.8, 4) is 0 Å². The summed E-state index contributed by atoms with van der Waals surface area (Å²) in [5.74, 6) is 0.905. The Morgan fingerprint density at radius 1 is 0.256 bits per heavy atom. The van der Waals surface area contributed by atoms with Crippen molar-refractivity contribution in [3.63, 3.8) is 0 Å². The minimum atomic E-state index is 0.905. The molecule has 0 aromatic rings. The van der Waals surface area contributed by atoms with Gasteiger partial charge in [0.2, 0.25) is 0 Å². The van der Waals surface area contributed by atoms with E-state index in [0.717, 1.165) is 12.3 Å². The van der Waals surface area contributed by atoms with Crippen LogP contribution in [0.25, 0.3) is 0 Å². The van der Waals surface area contributed by atoms with Crippen molar-refractivity contribution in [2.24, 2.45) is 5.92 Å². The molecule has 0 amide bonds. The molecule has 0 aromatic carbocycles. The van der Waals surface area contributed by atoms with E-state index in [1.54, 1.807) is 0 Å². The van der Waals surface area contributed by atoms with Crippen LogP contribution in [-0.4, -0.2) is 0 Å². The van der Waals surface area contributed by atoms with Crippen LogP contribution in [0.4, 0.5) is 0 Å². The summed E-state index contributed by atoms with van der Waals surface area (Å²) in [7, 11) is 0. The zero-order chi connectivity index (χ0) is 31.2. The highest BCUT2D eigenvalue weighted by molar-refractivity contribution is 4.62. The molecule has 43 heavy (non-hydrogen) atoms. The van der Waals surface area contributed by atoms with Crippen molar-refractivity contribution in [2.75, 3.05) is 0 Å². The average molecular weight is 604 g/mol. The second-order valence-corrected chi connectivity index (χ2v) is 14.8. The molecule has 0 spiro atoms. The van der Waals surface area contributed by atoms with Crippen LogP contribution in [0, 0.1) is 12.8 Å². The molecule has 0 aromatic heterocycles. The molecule has 259 valence electrons. The minimum Gasteiger partial charge on any atom is -0.0654 e. The molecule has 0 saturated heterocycles. The van der Waals surface area contributed by atoms with Gasteiger partial charge in [0.25, 0.3) is 0 Å². The predicted octanol–water partition coefficient (Wildman–Crippen LogP) is 16.7. The quantitative estimate of drug-likeness (QED) is 0.0613. The lowest BCUT2D eigenvalue weighted by molar-refractivity contribution is 0.404. The Bertz CT molecular complexity index is 453. The molecule has 1 radical (unpaired) electrons. The lowest BCUT2D eigenvalue weighted by atomic mass is 9.92. The van der Waals surface area contributed by atoms with Gasteiger partial charge in [0.15, 0.2) is 0 Å². The highest BCUT2D eigenvalue weighted by Crippen LogP contribution is 2.22. The standard InChI is InChI=1S/C43H87/c1-4-7-9-11-13-15-17-19-20-21-22-23-24-25-26-27-28-30-32-34-36-38-40-42-43(6-3)41-39-37-35-33-31-29-18-16-14-12-10-8-5-2/h43H,3-42H2,1-2H3. The summed E-state index contributed by atoms with van der Waals surface area (Å²) >= 11 is 0. The molecule has 1 unspecified atom stereocenters. The fourth-order valence-corrected chi connectivity index (χ4v) is 7.10. The molecule has 1 atom stereocenters. The molecule has 0 saturated carbocycles. The van der Waals surface area contributed by atoms with Crippen LogP contribution in [0.5, 0.6) is 0 Å². The van der Waals surface area contributed by atoms with Crippen LogP contribution in [-0.2, 0) is 0 Å². The average Bonchev–Trinajstić information content (AvgIpc) is 3.02. The lowest BCUT2D eigenvalue weighted by Crippen LogP contribution is -1.99. The Balaban J connectivity index is 3.22. The zero-order valence-electron chi connectivity index (χ0n) is 30.9. The Kier molecular flexibility index (Phi) is 40.0. The summed E-state index contributed by atoms with van der Waals surface area (Å²) in [6, 6.07) is 0. The van der Waals surface area contributed by atoms with Crippen molar-refractivity contribution in [1.29, 1.82) is 0 Å². The summed E-state index contributed by atoms with van der Waals surface area (Å²) in [5.41, 5.74) is 0. The number of hydrogen-bond donors (Lipinski definition) is 0. The number of hydrogen-bond acceptors (Lipinski definition) is 0. The van der Waals surface area contributed by atoms with Gasteiger partial charge >= 0.3 is 0 Å². The maximum atomic E-state index is 4.28. The third kappa shape index (κ3) is 38.1. The summed E-state index contributed by atoms with van der Waals surface area (Å²) in [6.45, 7) is 8.89. The second kappa shape index (κ2) is 40.0. The SMILES string of the molecule is [CH2]CC(CCCCCCCCCCCCCCC)CCCCCCCCCCCCCCCCCCCCCCCCC. The van der Waals surface area contributed by atoms with Gasteiger partial charge in [-0.3, -0.25) is 0 Å². The van der Waals surface area contributed by atoms with Gasteiger partial charge in [-0.05, 0) is 5.92 Å². The van der Waals surface area contributed by atoms with Crippen molar-refractivity contribution in [3.05, 3.63) is 6.92 Å². The number of unbranched alkanes of at least 4 members (excludes halogenated alkanes) is 34. The van der Waals surface area contributed by atoms with Crippen LogP contribution < -0.4 is 0 Å². The van der Waals surface area contributed by atoms with E-state index in [2.05, 4.69) is 20.8 Å². The van der Waals surface area contributed by atoms with E-state index < -0.39 is 0 Å². The monoisotopic (exact) mass is 604 g/mol. The Morgan fingerprint density at radius 2 is 0.419 bits per heavy atom. The highest BCUT2D eigenvalue weighted by atomic mass is 14.1. The topological polar surface area (TPSA) is 0 Å². The predicted molar refractivity (Wildman–Crippen MR) is 200 cm³/mol. The molecule has 0 heterocycles. The van der Waals surface area contributed by atoms with Gasteiger partial charge in [-0.2, -0.15) is 0 Å². The highest BCUT2D eigenvalue weighted by Gasteiger charge is 2.06. The van der Waals surface area contributed by atoms with E-state index in [1.165, 1.54) is 244 Å². The fourth-order valence-electron chi connectivity index (χ4n) is 7.10. The van der Waals surface area contributed by atoms with Crippen molar-refractivity contribution in [1.82, 2.24) is 0 Å². The van der Waals surface area contributed by atoms with Gasteiger partial charge in [-0.25, -0.2) is 0 Å². The maximum absolute atomic E-state index is 4.28. The molecule has 0 rings (SSSR count). The van der Waals surface area contributed by atoms with Gasteiger partial charge in [0.05, 0.1) is 0 Å².